The van der Waals surface area contributed by atoms with Gasteiger partial charge in [0.15, 0.2) is 5.78 Å². The molecule has 0 saturated heterocycles. The SMILES string of the molecule is C=C(C)C=CC(=C)C(=O)CCCC(=O)O. The van der Waals surface area contributed by atoms with Crippen molar-refractivity contribution in [2.45, 2.75) is 26.2 Å². The summed E-state index contributed by atoms with van der Waals surface area (Å²) in [7, 11) is 0. The molecule has 0 aromatic heterocycles. The third-order valence-electron chi connectivity index (χ3n) is 1.72. The largest absolute Gasteiger partial charge is 0.481 e. The van der Waals surface area contributed by atoms with Crippen LogP contribution in [0.4, 0.5) is 0 Å². The van der Waals surface area contributed by atoms with Gasteiger partial charge in [-0.05, 0) is 13.3 Å². The summed E-state index contributed by atoms with van der Waals surface area (Å²) in [5, 5.41) is 8.38. The first-order chi connectivity index (χ1) is 6.93. The quantitative estimate of drug-likeness (QED) is 0.516. The normalized spacial score (nSPS) is 10.2. The molecule has 82 valence electrons. The molecule has 0 aliphatic rings. The first-order valence-electron chi connectivity index (χ1n) is 4.71. The minimum Gasteiger partial charge on any atom is -0.481 e. The second-order valence-electron chi connectivity index (χ2n) is 3.38. The zero-order chi connectivity index (χ0) is 11.8. The van der Waals surface area contributed by atoms with Crippen LogP contribution in [0.15, 0.2) is 36.5 Å². The summed E-state index contributed by atoms with van der Waals surface area (Å²) < 4.78 is 0. The van der Waals surface area contributed by atoms with E-state index in [4.69, 9.17) is 5.11 Å². The Hall–Kier alpha value is -1.64. The molecule has 0 aromatic rings. The lowest BCUT2D eigenvalue weighted by Gasteiger charge is -1.98. The first kappa shape index (κ1) is 13.4. The van der Waals surface area contributed by atoms with Crippen LogP contribution in [0.25, 0.3) is 0 Å². The summed E-state index contributed by atoms with van der Waals surface area (Å²) in [5.41, 5.74) is 1.23. The molecule has 0 atom stereocenters. The smallest absolute Gasteiger partial charge is 0.303 e. The Bertz CT molecular complexity index is 311. The molecule has 0 amide bonds. The third kappa shape index (κ3) is 7.43. The molecule has 0 saturated carbocycles. The zero-order valence-corrected chi connectivity index (χ0v) is 8.95. The maximum absolute atomic E-state index is 11.4. The van der Waals surface area contributed by atoms with Crippen molar-refractivity contribution in [2.24, 2.45) is 0 Å². The molecule has 3 nitrogen and oxygen atoms in total. The van der Waals surface area contributed by atoms with Gasteiger partial charge in [0.1, 0.15) is 0 Å². The highest BCUT2D eigenvalue weighted by atomic mass is 16.4. The monoisotopic (exact) mass is 208 g/mol. The highest BCUT2D eigenvalue weighted by Crippen LogP contribution is 2.05. The van der Waals surface area contributed by atoms with Gasteiger partial charge in [-0.3, -0.25) is 9.59 Å². The lowest BCUT2D eigenvalue weighted by Crippen LogP contribution is -2.02. The lowest BCUT2D eigenvalue weighted by molar-refractivity contribution is -0.137. The predicted molar refractivity (Wildman–Crippen MR) is 59.6 cm³/mol. The molecule has 0 bridgehead atoms. The highest BCUT2D eigenvalue weighted by molar-refractivity contribution is 5.97. The van der Waals surface area contributed by atoms with E-state index in [0.29, 0.717) is 12.0 Å². The number of aliphatic carboxylic acids is 1. The first-order valence-corrected chi connectivity index (χ1v) is 4.71. The van der Waals surface area contributed by atoms with Gasteiger partial charge in [-0.15, -0.1) is 0 Å². The molecule has 0 aliphatic carbocycles. The second kappa shape index (κ2) is 6.76. The maximum Gasteiger partial charge on any atom is 0.303 e. The number of hydrogen-bond donors (Lipinski definition) is 1. The van der Waals surface area contributed by atoms with Crippen LogP contribution in [0.2, 0.25) is 0 Å². The minimum absolute atomic E-state index is 0.0171. The molecule has 0 fully saturated rings. The van der Waals surface area contributed by atoms with Crippen LogP contribution in [0, 0.1) is 0 Å². The van der Waals surface area contributed by atoms with Gasteiger partial charge >= 0.3 is 5.97 Å². The van der Waals surface area contributed by atoms with E-state index < -0.39 is 5.97 Å². The number of carboxylic acids is 1. The molecular formula is C12H16O3. The molecular weight excluding hydrogens is 192 g/mol. The summed E-state index contributed by atoms with van der Waals surface area (Å²) in [6, 6.07) is 0. The number of hydrogen-bond acceptors (Lipinski definition) is 2. The molecule has 1 N–H and O–H groups in total. The van der Waals surface area contributed by atoms with Crippen LogP contribution >= 0.6 is 0 Å². The molecule has 3 heteroatoms. The maximum atomic E-state index is 11.4. The molecule has 0 heterocycles. The van der Waals surface area contributed by atoms with Crippen molar-refractivity contribution in [3.8, 4) is 0 Å². The number of allylic oxidation sites excluding steroid dienone is 4. The minimum atomic E-state index is -0.883. The molecule has 0 spiro atoms. The van der Waals surface area contributed by atoms with Crippen LogP contribution in [-0.2, 0) is 9.59 Å². The average molecular weight is 208 g/mol. The summed E-state index contributed by atoms with van der Waals surface area (Å²) in [6.45, 7) is 9.07. The molecule has 0 aliphatic heterocycles. The van der Waals surface area contributed by atoms with Crippen molar-refractivity contribution < 1.29 is 14.7 Å². The fourth-order valence-corrected chi connectivity index (χ4v) is 0.897. The number of carboxylic acid groups (broad SMARTS) is 1. The Labute approximate surface area is 89.8 Å². The van der Waals surface area contributed by atoms with Crippen molar-refractivity contribution in [1.82, 2.24) is 0 Å². The number of ketones is 1. The van der Waals surface area contributed by atoms with Crippen LogP contribution in [0.5, 0.6) is 0 Å². The predicted octanol–water partition coefficient (Wildman–Crippen LogP) is 2.50. The number of Topliss-reactive ketones (excluding diaryl/α,β-unsaturated/α-hetero) is 1. The van der Waals surface area contributed by atoms with E-state index in [1.54, 1.807) is 12.2 Å². The average Bonchev–Trinajstić information content (AvgIpc) is 2.13. The summed E-state index contributed by atoms with van der Waals surface area (Å²) in [6.07, 6.45) is 3.91. The Morgan fingerprint density at radius 1 is 1.20 bits per heavy atom. The summed E-state index contributed by atoms with van der Waals surface area (Å²) >= 11 is 0. The Balaban J connectivity index is 3.95. The van der Waals surface area contributed by atoms with E-state index in [2.05, 4.69) is 13.2 Å². The molecule has 0 unspecified atom stereocenters. The van der Waals surface area contributed by atoms with Crippen LogP contribution in [0.1, 0.15) is 26.2 Å². The van der Waals surface area contributed by atoms with Gasteiger partial charge in [-0.2, -0.15) is 0 Å². The van der Waals surface area contributed by atoms with E-state index in [1.807, 2.05) is 6.92 Å². The van der Waals surface area contributed by atoms with Crippen LogP contribution in [-0.4, -0.2) is 16.9 Å². The van der Waals surface area contributed by atoms with Crippen LogP contribution in [0.3, 0.4) is 0 Å². The van der Waals surface area contributed by atoms with E-state index in [1.165, 1.54) is 0 Å². The van der Waals surface area contributed by atoms with Gasteiger partial charge in [-0.25, -0.2) is 0 Å². The Kier molecular flexibility index (Phi) is 6.02. The van der Waals surface area contributed by atoms with Crippen molar-refractivity contribution >= 4 is 11.8 Å². The van der Waals surface area contributed by atoms with Crippen molar-refractivity contribution in [1.29, 1.82) is 0 Å². The van der Waals surface area contributed by atoms with E-state index in [0.717, 1.165) is 5.57 Å². The molecule has 0 radical (unpaired) electrons. The van der Waals surface area contributed by atoms with Gasteiger partial charge in [-0.1, -0.05) is 30.9 Å². The van der Waals surface area contributed by atoms with E-state index >= 15 is 0 Å². The molecule has 0 aromatic carbocycles. The second-order valence-corrected chi connectivity index (χ2v) is 3.38. The summed E-state index contributed by atoms with van der Waals surface area (Å²) in [4.78, 5) is 21.6. The van der Waals surface area contributed by atoms with Crippen LogP contribution < -0.4 is 0 Å². The van der Waals surface area contributed by atoms with E-state index in [-0.39, 0.29) is 18.6 Å². The van der Waals surface area contributed by atoms with Crippen molar-refractivity contribution in [2.75, 3.05) is 0 Å². The fourth-order valence-electron chi connectivity index (χ4n) is 0.897. The van der Waals surface area contributed by atoms with Gasteiger partial charge < -0.3 is 5.11 Å². The number of rotatable bonds is 7. The van der Waals surface area contributed by atoms with Gasteiger partial charge in [0.25, 0.3) is 0 Å². The van der Waals surface area contributed by atoms with Gasteiger partial charge in [0.2, 0.25) is 0 Å². The Morgan fingerprint density at radius 2 is 1.80 bits per heavy atom. The highest BCUT2D eigenvalue weighted by Gasteiger charge is 2.05. The number of carbonyl (C=O) groups excluding carboxylic acids is 1. The number of carbonyl (C=O) groups is 2. The fraction of sp³-hybridized carbons (Fsp3) is 0.333. The standard InChI is InChI=1S/C12H16O3/c1-9(2)7-8-10(3)11(13)5-4-6-12(14)15/h7-8H,1,3-6H2,2H3,(H,14,15). The third-order valence-corrected chi connectivity index (χ3v) is 1.72. The zero-order valence-electron chi connectivity index (χ0n) is 8.95. The summed E-state index contributed by atoms with van der Waals surface area (Å²) in [5.74, 6) is -1.00. The molecule has 15 heavy (non-hydrogen) atoms. The topological polar surface area (TPSA) is 54.4 Å². The van der Waals surface area contributed by atoms with Crippen molar-refractivity contribution in [3.63, 3.8) is 0 Å². The Morgan fingerprint density at radius 3 is 2.27 bits per heavy atom. The lowest BCUT2D eigenvalue weighted by atomic mass is 10.1. The van der Waals surface area contributed by atoms with Gasteiger partial charge in [0.05, 0.1) is 0 Å². The van der Waals surface area contributed by atoms with Gasteiger partial charge in [0, 0.05) is 18.4 Å². The molecule has 0 rings (SSSR count). The van der Waals surface area contributed by atoms with E-state index in [9.17, 15) is 9.59 Å². The van der Waals surface area contributed by atoms with Crippen molar-refractivity contribution in [3.05, 3.63) is 36.5 Å².